The Morgan fingerprint density at radius 3 is 2.39 bits per heavy atom. The van der Waals surface area contributed by atoms with E-state index in [1.54, 1.807) is 0 Å². The standard InChI is InChI=1S/C25H27NO2/c27-25(21-8-2-1-3-9-21)11-6-16-26-17-14-23(15-18-26)28-24-13-12-20-7-4-5-10-22(20)19-24/h1-5,7-10,12-13,19,23H,6,11,14-18H2. The Labute approximate surface area is 166 Å². The lowest BCUT2D eigenvalue weighted by Gasteiger charge is -2.32. The zero-order valence-corrected chi connectivity index (χ0v) is 16.2. The van der Waals surface area contributed by atoms with Gasteiger partial charge >= 0.3 is 0 Å². The molecule has 0 N–H and O–H groups in total. The molecule has 0 aliphatic carbocycles. The highest BCUT2D eigenvalue weighted by molar-refractivity contribution is 5.95. The fourth-order valence-corrected chi connectivity index (χ4v) is 3.92. The Morgan fingerprint density at radius 1 is 0.893 bits per heavy atom. The van der Waals surface area contributed by atoms with Crippen LogP contribution in [-0.4, -0.2) is 36.4 Å². The van der Waals surface area contributed by atoms with Crippen molar-refractivity contribution >= 4 is 16.6 Å². The fourth-order valence-electron chi connectivity index (χ4n) is 3.92. The predicted molar refractivity (Wildman–Crippen MR) is 114 cm³/mol. The van der Waals surface area contributed by atoms with Gasteiger partial charge in [0.15, 0.2) is 5.78 Å². The number of rotatable bonds is 7. The van der Waals surface area contributed by atoms with Gasteiger partial charge in [-0.05, 0) is 48.7 Å². The third-order valence-corrected chi connectivity index (χ3v) is 5.53. The van der Waals surface area contributed by atoms with Crippen molar-refractivity contribution in [3.8, 4) is 5.75 Å². The minimum atomic E-state index is 0.245. The highest BCUT2D eigenvalue weighted by Gasteiger charge is 2.20. The quantitative estimate of drug-likeness (QED) is 0.523. The number of ether oxygens (including phenoxy) is 1. The molecule has 28 heavy (non-hydrogen) atoms. The second kappa shape index (κ2) is 9.03. The summed E-state index contributed by atoms with van der Waals surface area (Å²) in [6.45, 7) is 3.07. The molecule has 0 atom stereocenters. The molecule has 1 fully saturated rings. The smallest absolute Gasteiger partial charge is 0.162 e. The Hall–Kier alpha value is -2.65. The number of carbonyl (C=O) groups excluding carboxylic acids is 1. The van der Waals surface area contributed by atoms with E-state index in [0.717, 1.165) is 50.2 Å². The maximum atomic E-state index is 12.2. The van der Waals surface area contributed by atoms with Crippen LogP contribution in [0.4, 0.5) is 0 Å². The zero-order valence-electron chi connectivity index (χ0n) is 16.2. The summed E-state index contributed by atoms with van der Waals surface area (Å²) in [5.74, 6) is 1.21. The van der Waals surface area contributed by atoms with Gasteiger partial charge in [-0.25, -0.2) is 0 Å². The van der Waals surface area contributed by atoms with Crippen LogP contribution in [0, 0.1) is 0 Å². The van der Waals surface area contributed by atoms with Gasteiger partial charge in [0.2, 0.25) is 0 Å². The van der Waals surface area contributed by atoms with E-state index < -0.39 is 0 Å². The van der Waals surface area contributed by atoms with Crippen LogP contribution in [0.1, 0.15) is 36.0 Å². The largest absolute Gasteiger partial charge is 0.490 e. The molecule has 0 amide bonds. The first-order valence-corrected chi connectivity index (χ1v) is 10.2. The molecule has 0 saturated carbocycles. The van der Waals surface area contributed by atoms with Crippen LogP contribution in [0.15, 0.2) is 72.8 Å². The van der Waals surface area contributed by atoms with Gasteiger partial charge in [0.05, 0.1) is 0 Å². The molecule has 0 radical (unpaired) electrons. The molecule has 3 aromatic rings. The molecule has 1 heterocycles. The predicted octanol–water partition coefficient (Wildman–Crippen LogP) is 5.35. The van der Waals surface area contributed by atoms with Crippen molar-refractivity contribution in [1.29, 1.82) is 0 Å². The summed E-state index contributed by atoms with van der Waals surface area (Å²) in [6, 6.07) is 24.3. The Morgan fingerprint density at radius 2 is 1.61 bits per heavy atom. The maximum absolute atomic E-state index is 12.2. The number of ketones is 1. The van der Waals surface area contributed by atoms with E-state index in [2.05, 4.69) is 47.4 Å². The topological polar surface area (TPSA) is 29.5 Å². The van der Waals surface area contributed by atoms with Crippen molar-refractivity contribution in [2.75, 3.05) is 19.6 Å². The molecule has 1 aliphatic heterocycles. The molecule has 144 valence electrons. The van der Waals surface area contributed by atoms with E-state index in [4.69, 9.17) is 4.74 Å². The lowest BCUT2D eigenvalue weighted by Crippen LogP contribution is -2.38. The van der Waals surface area contributed by atoms with Crippen molar-refractivity contribution in [3.05, 3.63) is 78.4 Å². The monoisotopic (exact) mass is 373 g/mol. The van der Waals surface area contributed by atoms with Crippen molar-refractivity contribution in [1.82, 2.24) is 4.90 Å². The summed E-state index contributed by atoms with van der Waals surface area (Å²) in [7, 11) is 0. The van der Waals surface area contributed by atoms with Crippen LogP contribution in [0.3, 0.4) is 0 Å². The van der Waals surface area contributed by atoms with Crippen LogP contribution in [-0.2, 0) is 0 Å². The molecular formula is C25H27NO2. The van der Waals surface area contributed by atoms with E-state index in [-0.39, 0.29) is 11.9 Å². The van der Waals surface area contributed by atoms with Crippen LogP contribution < -0.4 is 4.74 Å². The second-order valence-electron chi connectivity index (χ2n) is 7.56. The van der Waals surface area contributed by atoms with E-state index in [0.29, 0.717) is 6.42 Å². The number of likely N-dealkylation sites (tertiary alicyclic amines) is 1. The summed E-state index contributed by atoms with van der Waals surface area (Å²) in [5, 5.41) is 2.47. The number of Topliss-reactive ketones (excluding diaryl/α,β-unsaturated/α-hetero) is 1. The summed E-state index contributed by atoms with van der Waals surface area (Å²) in [6.07, 6.45) is 3.91. The summed E-state index contributed by atoms with van der Waals surface area (Å²) < 4.78 is 6.23. The van der Waals surface area contributed by atoms with E-state index in [1.165, 1.54) is 10.8 Å². The molecule has 3 heteroatoms. The van der Waals surface area contributed by atoms with Gasteiger partial charge in [-0.15, -0.1) is 0 Å². The Bertz CT molecular complexity index is 914. The van der Waals surface area contributed by atoms with Crippen LogP contribution >= 0.6 is 0 Å². The molecular weight excluding hydrogens is 346 g/mol. The van der Waals surface area contributed by atoms with Crippen molar-refractivity contribution < 1.29 is 9.53 Å². The zero-order chi connectivity index (χ0) is 19.2. The van der Waals surface area contributed by atoms with E-state index >= 15 is 0 Å². The molecule has 0 aromatic heterocycles. The van der Waals surface area contributed by atoms with Crippen LogP contribution in [0.5, 0.6) is 5.75 Å². The van der Waals surface area contributed by atoms with E-state index in [1.807, 2.05) is 30.3 Å². The number of fused-ring (bicyclic) bond motifs is 1. The second-order valence-corrected chi connectivity index (χ2v) is 7.56. The van der Waals surface area contributed by atoms with Crippen LogP contribution in [0.25, 0.3) is 10.8 Å². The molecule has 0 unspecified atom stereocenters. The molecule has 3 nitrogen and oxygen atoms in total. The van der Waals surface area contributed by atoms with Crippen molar-refractivity contribution in [2.45, 2.75) is 31.8 Å². The normalized spacial score (nSPS) is 15.6. The number of hydrogen-bond donors (Lipinski definition) is 0. The minimum Gasteiger partial charge on any atom is -0.490 e. The Kier molecular flexibility index (Phi) is 6.03. The number of carbonyl (C=O) groups is 1. The average molecular weight is 373 g/mol. The molecule has 3 aromatic carbocycles. The highest BCUT2D eigenvalue weighted by Crippen LogP contribution is 2.24. The molecule has 0 bridgehead atoms. The van der Waals surface area contributed by atoms with Gasteiger partial charge < -0.3 is 9.64 Å². The number of piperidine rings is 1. The molecule has 4 rings (SSSR count). The third kappa shape index (κ3) is 4.79. The summed E-state index contributed by atoms with van der Waals surface area (Å²) in [5.41, 5.74) is 0.824. The SMILES string of the molecule is O=C(CCCN1CCC(Oc2ccc3ccccc3c2)CC1)c1ccccc1. The highest BCUT2D eigenvalue weighted by atomic mass is 16.5. The maximum Gasteiger partial charge on any atom is 0.162 e. The first kappa shape index (κ1) is 18.7. The van der Waals surface area contributed by atoms with Gasteiger partial charge in [0.1, 0.15) is 11.9 Å². The summed E-state index contributed by atoms with van der Waals surface area (Å²) >= 11 is 0. The van der Waals surface area contributed by atoms with Crippen molar-refractivity contribution in [3.63, 3.8) is 0 Å². The van der Waals surface area contributed by atoms with Gasteiger partial charge in [-0.3, -0.25) is 4.79 Å². The average Bonchev–Trinajstić information content (AvgIpc) is 2.75. The fraction of sp³-hybridized carbons (Fsp3) is 0.320. The van der Waals surface area contributed by atoms with E-state index in [9.17, 15) is 4.79 Å². The third-order valence-electron chi connectivity index (χ3n) is 5.53. The first-order chi connectivity index (χ1) is 13.8. The first-order valence-electron chi connectivity index (χ1n) is 10.2. The molecule has 1 aliphatic rings. The number of benzene rings is 3. The number of nitrogens with zero attached hydrogens (tertiary/aromatic N) is 1. The molecule has 1 saturated heterocycles. The van der Waals surface area contributed by atoms with Gasteiger partial charge in [0.25, 0.3) is 0 Å². The van der Waals surface area contributed by atoms with Crippen LogP contribution in [0.2, 0.25) is 0 Å². The Balaban J connectivity index is 1.20. The lowest BCUT2D eigenvalue weighted by atomic mass is 10.0. The lowest BCUT2D eigenvalue weighted by molar-refractivity contribution is 0.0921. The van der Waals surface area contributed by atoms with Crippen molar-refractivity contribution in [2.24, 2.45) is 0 Å². The minimum absolute atomic E-state index is 0.245. The van der Waals surface area contributed by atoms with Gasteiger partial charge in [0, 0.05) is 25.1 Å². The van der Waals surface area contributed by atoms with Gasteiger partial charge in [-0.1, -0.05) is 60.7 Å². The number of hydrogen-bond acceptors (Lipinski definition) is 3. The van der Waals surface area contributed by atoms with Gasteiger partial charge in [-0.2, -0.15) is 0 Å². The summed E-state index contributed by atoms with van der Waals surface area (Å²) in [4.78, 5) is 14.7. The molecule has 0 spiro atoms.